The van der Waals surface area contributed by atoms with Crippen molar-refractivity contribution < 1.29 is 9.18 Å². The number of piperidine rings is 1. The summed E-state index contributed by atoms with van der Waals surface area (Å²) in [7, 11) is 1.96. The van der Waals surface area contributed by atoms with Crippen molar-refractivity contribution in [1.82, 2.24) is 20.0 Å². The molecule has 2 heterocycles. The Morgan fingerprint density at radius 1 is 1.29 bits per heavy atom. The topological polar surface area (TPSA) is 50.2 Å². The molecule has 1 amide bonds. The summed E-state index contributed by atoms with van der Waals surface area (Å²) >= 11 is 0. The molecule has 0 unspecified atom stereocenters. The Bertz CT molecular complexity index is 692. The Hall–Kier alpha value is -2.21. The highest BCUT2D eigenvalue weighted by Crippen LogP contribution is 2.21. The number of likely N-dealkylation sites (tertiary alicyclic amines) is 1. The summed E-state index contributed by atoms with van der Waals surface area (Å²) in [4.78, 5) is 14.4. The zero-order chi connectivity index (χ0) is 16.9. The van der Waals surface area contributed by atoms with E-state index in [4.69, 9.17) is 0 Å². The van der Waals surface area contributed by atoms with Crippen LogP contribution in [0.15, 0.2) is 36.5 Å². The van der Waals surface area contributed by atoms with Crippen LogP contribution in [0.2, 0.25) is 0 Å². The molecule has 0 radical (unpaired) electrons. The van der Waals surface area contributed by atoms with E-state index in [9.17, 15) is 9.18 Å². The number of para-hydroxylation sites is 1. The summed E-state index contributed by atoms with van der Waals surface area (Å²) in [5, 5.41) is 7.43. The van der Waals surface area contributed by atoms with Gasteiger partial charge in [0.1, 0.15) is 11.5 Å². The molecule has 24 heavy (non-hydrogen) atoms. The van der Waals surface area contributed by atoms with Crippen LogP contribution < -0.4 is 5.32 Å². The Morgan fingerprint density at radius 2 is 2.04 bits per heavy atom. The van der Waals surface area contributed by atoms with Gasteiger partial charge in [-0.15, -0.1) is 0 Å². The molecule has 0 saturated carbocycles. The van der Waals surface area contributed by atoms with Crippen LogP contribution in [0.3, 0.4) is 0 Å². The van der Waals surface area contributed by atoms with E-state index in [1.807, 2.05) is 11.9 Å². The first-order valence-corrected chi connectivity index (χ1v) is 8.43. The van der Waals surface area contributed by atoms with Gasteiger partial charge in [0.2, 0.25) is 0 Å². The van der Waals surface area contributed by atoms with Crippen LogP contribution in [0.1, 0.15) is 29.8 Å². The first-order valence-electron chi connectivity index (χ1n) is 8.43. The smallest absolute Gasteiger partial charge is 0.274 e. The molecule has 0 atom stereocenters. The second-order valence-electron chi connectivity index (χ2n) is 6.22. The molecule has 2 aromatic rings. The van der Waals surface area contributed by atoms with Crippen LogP contribution in [0.5, 0.6) is 0 Å². The molecule has 5 nitrogen and oxygen atoms in total. The van der Waals surface area contributed by atoms with Gasteiger partial charge in [-0.1, -0.05) is 12.1 Å². The van der Waals surface area contributed by atoms with E-state index in [1.54, 1.807) is 30.5 Å². The quantitative estimate of drug-likeness (QED) is 0.916. The lowest BCUT2D eigenvalue weighted by Crippen LogP contribution is -2.39. The predicted octanol–water partition coefficient (Wildman–Crippen LogP) is 2.47. The third-order valence-corrected chi connectivity index (χ3v) is 4.61. The fourth-order valence-electron chi connectivity index (χ4n) is 3.14. The number of nitrogens with one attached hydrogen (secondary N) is 1. The van der Waals surface area contributed by atoms with Crippen molar-refractivity contribution in [2.45, 2.75) is 19.3 Å². The van der Waals surface area contributed by atoms with Crippen LogP contribution >= 0.6 is 0 Å². The number of halogens is 1. The summed E-state index contributed by atoms with van der Waals surface area (Å²) < 4.78 is 15.2. The first kappa shape index (κ1) is 16.6. The van der Waals surface area contributed by atoms with Gasteiger partial charge in [-0.3, -0.25) is 4.79 Å². The van der Waals surface area contributed by atoms with E-state index in [0.717, 1.165) is 38.9 Å². The number of hydrogen-bond donors (Lipinski definition) is 1. The molecule has 0 bridgehead atoms. The molecule has 1 aliphatic heterocycles. The van der Waals surface area contributed by atoms with E-state index in [2.05, 4.69) is 10.4 Å². The first-order chi connectivity index (χ1) is 11.7. The molecule has 0 aliphatic carbocycles. The van der Waals surface area contributed by atoms with Crippen LogP contribution in [0, 0.1) is 11.7 Å². The second-order valence-corrected chi connectivity index (χ2v) is 6.22. The number of carbonyl (C=O) groups excluding carboxylic acids is 1. The number of hydrogen-bond acceptors (Lipinski definition) is 3. The van der Waals surface area contributed by atoms with Gasteiger partial charge in [0.25, 0.3) is 5.91 Å². The lowest BCUT2D eigenvalue weighted by atomic mass is 9.93. The minimum atomic E-state index is -0.357. The maximum Gasteiger partial charge on any atom is 0.274 e. The van der Waals surface area contributed by atoms with Crippen molar-refractivity contribution in [3.05, 3.63) is 48.0 Å². The van der Waals surface area contributed by atoms with E-state index in [1.165, 1.54) is 10.7 Å². The van der Waals surface area contributed by atoms with E-state index in [0.29, 0.717) is 17.3 Å². The standard InChI is InChI=1S/C18H23FN4O/c1-20-10-6-14-7-11-22(12-8-14)18(24)16-9-13-23(21-16)17-5-3-2-4-15(17)19/h2-5,9,13-14,20H,6-8,10-12H2,1H3. The van der Waals surface area contributed by atoms with Crippen LogP contribution in [0.25, 0.3) is 5.69 Å². The summed E-state index contributed by atoms with van der Waals surface area (Å²) in [6, 6.07) is 8.06. The zero-order valence-electron chi connectivity index (χ0n) is 13.9. The number of aromatic nitrogens is 2. The molecular weight excluding hydrogens is 307 g/mol. The Kier molecular flexibility index (Phi) is 5.25. The maximum absolute atomic E-state index is 13.8. The fraction of sp³-hybridized carbons (Fsp3) is 0.444. The van der Waals surface area contributed by atoms with Gasteiger partial charge >= 0.3 is 0 Å². The molecule has 1 aliphatic rings. The van der Waals surface area contributed by atoms with Crippen molar-refractivity contribution in [2.24, 2.45) is 5.92 Å². The van der Waals surface area contributed by atoms with Gasteiger partial charge in [0, 0.05) is 19.3 Å². The predicted molar refractivity (Wildman–Crippen MR) is 90.7 cm³/mol. The summed E-state index contributed by atoms with van der Waals surface area (Å²) in [6.45, 7) is 2.55. The Balaban J connectivity index is 1.64. The summed E-state index contributed by atoms with van der Waals surface area (Å²) in [5.41, 5.74) is 0.717. The van der Waals surface area contributed by atoms with Gasteiger partial charge in [-0.25, -0.2) is 9.07 Å². The number of nitrogens with zero attached hydrogens (tertiary/aromatic N) is 3. The molecule has 1 fully saturated rings. The Morgan fingerprint density at radius 3 is 2.75 bits per heavy atom. The molecular formula is C18H23FN4O. The highest BCUT2D eigenvalue weighted by molar-refractivity contribution is 5.92. The van der Waals surface area contributed by atoms with Crippen molar-refractivity contribution in [1.29, 1.82) is 0 Å². The number of carbonyl (C=O) groups is 1. The van der Waals surface area contributed by atoms with Crippen molar-refractivity contribution in [3.63, 3.8) is 0 Å². The van der Waals surface area contributed by atoms with E-state index in [-0.39, 0.29) is 11.7 Å². The molecule has 6 heteroatoms. The van der Waals surface area contributed by atoms with Crippen molar-refractivity contribution in [3.8, 4) is 5.69 Å². The summed E-state index contributed by atoms with van der Waals surface area (Å²) in [6.07, 6.45) is 4.84. The molecule has 128 valence electrons. The van der Waals surface area contributed by atoms with Crippen LogP contribution in [0.4, 0.5) is 4.39 Å². The van der Waals surface area contributed by atoms with Crippen molar-refractivity contribution in [2.75, 3.05) is 26.7 Å². The van der Waals surface area contributed by atoms with Crippen LogP contribution in [-0.2, 0) is 0 Å². The minimum absolute atomic E-state index is 0.0721. The van der Waals surface area contributed by atoms with Gasteiger partial charge in [-0.05, 0) is 57.0 Å². The van der Waals surface area contributed by atoms with Gasteiger partial charge in [-0.2, -0.15) is 5.10 Å². The van der Waals surface area contributed by atoms with Gasteiger partial charge in [0.15, 0.2) is 5.69 Å². The molecule has 1 N–H and O–H groups in total. The highest BCUT2D eigenvalue weighted by atomic mass is 19.1. The van der Waals surface area contributed by atoms with Gasteiger partial charge in [0.05, 0.1) is 0 Å². The maximum atomic E-state index is 13.8. The lowest BCUT2D eigenvalue weighted by molar-refractivity contribution is 0.0680. The number of benzene rings is 1. The lowest BCUT2D eigenvalue weighted by Gasteiger charge is -2.31. The third kappa shape index (κ3) is 3.64. The molecule has 1 aromatic carbocycles. The highest BCUT2D eigenvalue weighted by Gasteiger charge is 2.24. The largest absolute Gasteiger partial charge is 0.337 e. The second kappa shape index (κ2) is 7.57. The molecule has 1 aromatic heterocycles. The van der Waals surface area contributed by atoms with Crippen LogP contribution in [-0.4, -0.2) is 47.3 Å². The van der Waals surface area contributed by atoms with E-state index >= 15 is 0 Å². The Labute approximate surface area is 141 Å². The molecule has 3 rings (SSSR count). The number of amides is 1. The van der Waals surface area contributed by atoms with E-state index < -0.39 is 0 Å². The third-order valence-electron chi connectivity index (χ3n) is 4.61. The number of rotatable bonds is 5. The molecule has 0 spiro atoms. The average Bonchev–Trinajstić information content (AvgIpc) is 3.10. The zero-order valence-corrected chi connectivity index (χ0v) is 13.9. The van der Waals surface area contributed by atoms with Crippen molar-refractivity contribution >= 4 is 5.91 Å². The normalized spacial score (nSPS) is 15.7. The minimum Gasteiger partial charge on any atom is -0.337 e. The van der Waals surface area contributed by atoms with Gasteiger partial charge < -0.3 is 10.2 Å². The molecule has 1 saturated heterocycles. The average molecular weight is 330 g/mol. The SMILES string of the molecule is CNCCC1CCN(C(=O)c2ccn(-c3ccccc3F)n2)CC1. The fourth-order valence-corrected chi connectivity index (χ4v) is 3.14. The summed E-state index contributed by atoms with van der Waals surface area (Å²) in [5.74, 6) is 0.250. The monoisotopic (exact) mass is 330 g/mol.